The highest BCUT2D eigenvalue weighted by atomic mass is 15.4. The second-order valence-electron chi connectivity index (χ2n) is 2.86. The second kappa shape index (κ2) is 4.94. The minimum atomic E-state index is 0.859. The van der Waals surface area contributed by atoms with Gasteiger partial charge in [-0.05, 0) is 23.6 Å². The summed E-state index contributed by atoms with van der Waals surface area (Å²) < 4.78 is 0. The maximum atomic E-state index is 5.66. The number of hydrogen-bond donors (Lipinski definition) is 1. The third-order valence-corrected chi connectivity index (χ3v) is 2.05. The van der Waals surface area contributed by atoms with Crippen LogP contribution in [0, 0.1) is 0 Å². The fourth-order valence-corrected chi connectivity index (χ4v) is 1.40. The lowest BCUT2D eigenvalue weighted by molar-refractivity contribution is 0.262. The molecule has 1 aliphatic rings. The molecule has 2 heterocycles. The molecule has 0 fully saturated rings. The van der Waals surface area contributed by atoms with E-state index in [0.29, 0.717) is 0 Å². The number of fused-ring (bicyclic) bond motifs is 1. The Labute approximate surface area is 79.5 Å². The highest BCUT2D eigenvalue weighted by molar-refractivity contribution is 5.25. The van der Waals surface area contributed by atoms with E-state index in [9.17, 15) is 0 Å². The summed E-state index contributed by atoms with van der Waals surface area (Å²) in [5.74, 6) is 5.66. The summed E-state index contributed by atoms with van der Waals surface area (Å²) >= 11 is 0. The van der Waals surface area contributed by atoms with Crippen LogP contribution in [-0.4, -0.2) is 16.5 Å². The number of hydrogen-bond acceptors (Lipinski definition) is 3. The predicted octanol–water partition coefficient (Wildman–Crippen LogP) is 1.34. The molecule has 1 aromatic rings. The molecular formula is C10H17N3. The van der Waals surface area contributed by atoms with Crippen LogP contribution in [0.4, 0.5) is 0 Å². The molecular weight excluding hydrogens is 162 g/mol. The monoisotopic (exact) mass is 179 g/mol. The first kappa shape index (κ1) is 10.2. The normalized spacial score (nSPS) is 15.6. The maximum Gasteiger partial charge on any atom is 0.0383 e. The zero-order valence-electron chi connectivity index (χ0n) is 8.33. The van der Waals surface area contributed by atoms with Crippen molar-refractivity contribution < 1.29 is 0 Å². The third kappa shape index (κ3) is 2.50. The predicted molar refractivity (Wildman–Crippen MR) is 53.9 cm³/mol. The van der Waals surface area contributed by atoms with Gasteiger partial charge in [0.1, 0.15) is 0 Å². The van der Waals surface area contributed by atoms with Crippen LogP contribution in [-0.2, 0) is 13.0 Å². The van der Waals surface area contributed by atoms with Crippen molar-refractivity contribution in [3.05, 3.63) is 29.6 Å². The van der Waals surface area contributed by atoms with Crippen LogP contribution in [0.5, 0.6) is 0 Å². The van der Waals surface area contributed by atoms with Crippen molar-refractivity contribution in [2.45, 2.75) is 26.8 Å². The van der Waals surface area contributed by atoms with Gasteiger partial charge in [-0.3, -0.25) is 10.8 Å². The Morgan fingerprint density at radius 2 is 2.15 bits per heavy atom. The van der Waals surface area contributed by atoms with Gasteiger partial charge in [0.05, 0.1) is 0 Å². The highest BCUT2D eigenvalue weighted by Crippen LogP contribution is 2.14. The van der Waals surface area contributed by atoms with Gasteiger partial charge in [0.15, 0.2) is 0 Å². The van der Waals surface area contributed by atoms with Gasteiger partial charge in [-0.2, -0.15) is 0 Å². The van der Waals surface area contributed by atoms with E-state index < -0.39 is 0 Å². The molecule has 0 aliphatic carbocycles. The summed E-state index contributed by atoms with van der Waals surface area (Å²) in [7, 11) is 0. The van der Waals surface area contributed by atoms with E-state index >= 15 is 0 Å². The third-order valence-electron chi connectivity index (χ3n) is 2.05. The lowest BCUT2D eigenvalue weighted by atomic mass is 10.0. The molecule has 0 spiro atoms. The van der Waals surface area contributed by atoms with Crippen LogP contribution in [0.15, 0.2) is 18.5 Å². The van der Waals surface area contributed by atoms with Crippen LogP contribution in [0.1, 0.15) is 25.0 Å². The van der Waals surface area contributed by atoms with Gasteiger partial charge in [-0.15, -0.1) is 0 Å². The van der Waals surface area contributed by atoms with Gasteiger partial charge in [0.2, 0.25) is 0 Å². The van der Waals surface area contributed by atoms with Crippen molar-refractivity contribution in [2.75, 3.05) is 6.54 Å². The van der Waals surface area contributed by atoms with E-state index in [2.05, 4.69) is 4.98 Å². The second-order valence-corrected chi connectivity index (χ2v) is 2.86. The quantitative estimate of drug-likeness (QED) is 0.611. The molecule has 0 amide bonds. The smallest absolute Gasteiger partial charge is 0.0383 e. The molecule has 0 saturated carbocycles. The van der Waals surface area contributed by atoms with E-state index in [4.69, 9.17) is 5.84 Å². The van der Waals surface area contributed by atoms with Gasteiger partial charge < -0.3 is 0 Å². The minimum absolute atomic E-state index is 0.859. The summed E-state index contributed by atoms with van der Waals surface area (Å²) in [4.78, 5) is 4.06. The fraction of sp³-hybridized carbons (Fsp3) is 0.500. The highest BCUT2D eigenvalue weighted by Gasteiger charge is 2.11. The number of pyridine rings is 1. The molecule has 0 atom stereocenters. The number of aromatic nitrogens is 1. The van der Waals surface area contributed by atoms with Crippen LogP contribution in [0.25, 0.3) is 0 Å². The lowest BCUT2D eigenvalue weighted by Gasteiger charge is -2.23. The number of nitrogens with two attached hydrogens (primary N) is 1. The molecule has 2 rings (SSSR count). The van der Waals surface area contributed by atoms with Crippen LogP contribution >= 0.6 is 0 Å². The zero-order chi connectivity index (χ0) is 9.68. The average Bonchev–Trinajstić information content (AvgIpc) is 2.21. The molecule has 3 heteroatoms. The van der Waals surface area contributed by atoms with Gasteiger partial charge in [-0.25, -0.2) is 5.01 Å². The molecule has 13 heavy (non-hydrogen) atoms. The molecule has 0 bridgehead atoms. The largest absolute Gasteiger partial charge is 0.268 e. The standard InChI is InChI=1S/C8H11N3.C2H6/c9-11-4-2-7-5-10-3-1-8(7)6-11;1-2/h1,3,5H,2,4,6,9H2;1-2H3. The fourth-order valence-electron chi connectivity index (χ4n) is 1.40. The van der Waals surface area contributed by atoms with Crippen molar-refractivity contribution in [2.24, 2.45) is 5.84 Å². The first-order chi connectivity index (χ1) is 6.36. The molecule has 2 N–H and O–H groups in total. The summed E-state index contributed by atoms with van der Waals surface area (Å²) in [6, 6.07) is 2.04. The van der Waals surface area contributed by atoms with E-state index in [-0.39, 0.29) is 0 Å². The SMILES string of the molecule is CC.NN1CCc2cnccc2C1. The van der Waals surface area contributed by atoms with Crippen molar-refractivity contribution in [1.82, 2.24) is 9.99 Å². The molecule has 72 valence electrons. The summed E-state index contributed by atoms with van der Waals surface area (Å²) in [5, 5.41) is 1.84. The molecule has 0 aromatic carbocycles. The van der Waals surface area contributed by atoms with Crippen molar-refractivity contribution in [1.29, 1.82) is 0 Å². The van der Waals surface area contributed by atoms with Crippen molar-refractivity contribution in [3.63, 3.8) is 0 Å². The van der Waals surface area contributed by atoms with Crippen molar-refractivity contribution >= 4 is 0 Å². The Kier molecular flexibility index (Phi) is 3.86. The summed E-state index contributed by atoms with van der Waals surface area (Å²) in [6.45, 7) is 5.80. The van der Waals surface area contributed by atoms with Crippen LogP contribution in [0.3, 0.4) is 0 Å². The Morgan fingerprint density at radius 3 is 2.92 bits per heavy atom. The van der Waals surface area contributed by atoms with Gasteiger partial charge >= 0.3 is 0 Å². The molecule has 3 nitrogen and oxygen atoms in total. The van der Waals surface area contributed by atoms with Crippen molar-refractivity contribution in [3.8, 4) is 0 Å². The average molecular weight is 179 g/mol. The van der Waals surface area contributed by atoms with E-state index in [0.717, 1.165) is 19.5 Å². The Bertz CT molecular complexity index is 260. The van der Waals surface area contributed by atoms with E-state index in [1.165, 1.54) is 11.1 Å². The Balaban J connectivity index is 0.000000396. The van der Waals surface area contributed by atoms with Gasteiger partial charge in [-0.1, -0.05) is 13.8 Å². The van der Waals surface area contributed by atoms with Gasteiger partial charge in [0.25, 0.3) is 0 Å². The first-order valence-electron chi connectivity index (χ1n) is 4.77. The number of nitrogens with zero attached hydrogens (tertiary/aromatic N) is 2. The molecule has 1 aliphatic heterocycles. The Morgan fingerprint density at radius 1 is 1.38 bits per heavy atom. The topological polar surface area (TPSA) is 42.1 Å². The van der Waals surface area contributed by atoms with Gasteiger partial charge in [0, 0.05) is 25.5 Å². The zero-order valence-corrected chi connectivity index (χ0v) is 8.33. The first-order valence-corrected chi connectivity index (χ1v) is 4.77. The van der Waals surface area contributed by atoms with E-state index in [1.807, 2.05) is 37.3 Å². The lowest BCUT2D eigenvalue weighted by Crippen LogP contribution is -2.36. The van der Waals surface area contributed by atoms with E-state index in [1.54, 1.807) is 0 Å². The molecule has 0 unspecified atom stereocenters. The summed E-state index contributed by atoms with van der Waals surface area (Å²) in [6.07, 6.45) is 4.78. The number of rotatable bonds is 0. The maximum absolute atomic E-state index is 5.66. The molecule has 1 aromatic heterocycles. The molecule has 0 saturated heterocycles. The number of hydrazine groups is 1. The summed E-state index contributed by atoms with van der Waals surface area (Å²) in [5.41, 5.74) is 2.66. The van der Waals surface area contributed by atoms with Crippen LogP contribution in [0.2, 0.25) is 0 Å². The Hall–Kier alpha value is -0.930. The van der Waals surface area contributed by atoms with Crippen LogP contribution < -0.4 is 5.84 Å². The molecule has 0 radical (unpaired) electrons. The minimum Gasteiger partial charge on any atom is -0.268 e.